The zero-order valence-corrected chi connectivity index (χ0v) is 16.9. The predicted octanol–water partition coefficient (Wildman–Crippen LogP) is 3.59. The number of hydrogen-bond donors (Lipinski definition) is 1. The molecule has 0 amide bonds. The number of nitrogens with one attached hydrogen (secondary N) is 1. The molecule has 1 N–H and O–H groups in total. The van der Waals surface area contributed by atoms with Crippen LogP contribution in [0.1, 0.15) is 19.8 Å². The third-order valence-electron chi connectivity index (χ3n) is 5.05. The van der Waals surface area contributed by atoms with Gasteiger partial charge in [0.1, 0.15) is 29.7 Å². The SMILES string of the molecule is CC(=O)Oc1cc(OC2CCOCC2)c2c(Nc3cccc4c3OCO4)ncnc2c1. The maximum Gasteiger partial charge on any atom is 0.308 e. The summed E-state index contributed by atoms with van der Waals surface area (Å²) in [5.41, 5.74) is 1.30. The lowest BCUT2D eigenvalue weighted by atomic mass is 10.1. The highest BCUT2D eigenvalue weighted by atomic mass is 16.7. The first-order chi connectivity index (χ1) is 15.2. The van der Waals surface area contributed by atoms with E-state index in [0.717, 1.165) is 18.5 Å². The van der Waals surface area contributed by atoms with Gasteiger partial charge in [0.25, 0.3) is 0 Å². The zero-order valence-electron chi connectivity index (χ0n) is 16.9. The Hall–Kier alpha value is -3.59. The maximum atomic E-state index is 11.5. The van der Waals surface area contributed by atoms with Crippen molar-refractivity contribution in [1.82, 2.24) is 9.97 Å². The van der Waals surface area contributed by atoms with E-state index in [2.05, 4.69) is 15.3 Å². The normalized spacial score (nSPS) is 15.6. The van der Waals surface area contributed by atoms with Gasteiger partial charge in [0.2, 0.25) is 6.79 Å². The van der Waals surface area contributed by atoms with E-state index in [1.807, 2.05) is 18.2 Å². The summed E-state index contributed by atoms with van der Waals surface area (Å²) in [6.45, 7) is 2.80. The number of benzene rings is 2. The van der Waals surface area contributed by atoms with E-state index >= 15 is 0 Å². The number of anilines is 2. The molecule has 5 rings (SSSR count). The van der Waals surface area contributed by atoms with E-state index in [0.29, 0.717) is 52.9 Å². The van der Waals surface area contributed by atoms with Crippen LogP contribution in [0.5, 0.6) is 23.0 Å². The van der Waals surface area contributed by atoms with Gasteiger partial charge in [0.15, 0.2) is 11.5 Å². The highest BCUT2D eigenvalue weighted by Gasteiger charge is 2.22. The largest absolute Gasteiger partial charge is 0.489 e. The fourth-order valence-corrected chi connectivity index (χ4v) is 3.67. The van der Waals surface area contributed by atoms with E-state index in [9.17, 15) is 4.79 Å². The average molecular weight is 423 g/mol. The van der Waals surface area contributed by atoms with Crippen molar-refractivity contribution in [1.29, 1.82) is 0 Å². The van der Waals surface area contributed by atoms with Crippen LogP contribution >= 0.6 is 0 Å². The first-order valence-electron chi connectivity index (χ1n) is 10.0. The van der Waals surface area contributed by atoms with Gasteiger partial charge in [-0.15, -0.1) is 0 Å². The Morgan fingerprint density at radius 3 is 2.87 bits per heavy atom. The molecule has 2 aromatic carbocycles. The number of carbonyl (C=O) groups is 1. The molecular weight excluding hydrogens is 402 g/mol. The van der Waals surface area contributed by atoms with Crippen LogP contribution in [-0.2, 0) is 9.53 Å². The van der Waals surface area contributed by atoms with E-state index in [-0.39, 0.29) is 12.9 Å². The first kappa shape index (κ1) is 19.4. The Kier molecular flexibility index (Phi) is 5.17. The molecule has 3 aromatic rings. The van der Waals surface area contributed by atoms with Crippen LogP contribution in [-0.4, -0.2) is 42.0 Å². The molecular formula is C22H21N3O6. The highest BCUT2D eigenvalue weighted by molar-refractivity contribution is 5.97. The molecule has 2 aliphatic rings. The van der Waals surface area contributed by atoms with Crippen molar-refractivity contribution in [3.05, 3.63) is 36.7 Å². The zero-order chi connectivity index (χ0) is 21.2. The van der Waals surface area contributed by atoms with Gasteiger partial charge in [-0.3, -0.25) is 4.79 Å². The summed E-state index contributed by atoms with van der Waals surface area (Å²) in [5.74, 6) is 2.32. The van der Waals surface area contributed by atoms with Crippen molar-refractivity contribution >= 4 is 28.4 Å². The number of hydrogen-bond acceptors (Lipinski definition) is 9. The highest BCUT2D eigenvalue weighted by Crippen LogP contribution is 2.42. The fourth-order valence-electron chi connectivity index (χ4n) is 3.67. The Morgan fingerprint density at radius 2 is 2.03 bits per heavy atom. The minimum absolute atomic E-state index is 0.0182. The van der Waals surface area contributed by atoms with E-state index < -0.39 is 5.97 Å². The van der Waals surface area contributed by atoms with Gasteiger partial charge in [-0.05, 0) is 12.1 Å². The van der Waals surface area contributed by atoms with Crippen molar-refractivity contribution < 1.29 is 28.5 Å². The number of esters is 1. The summed E-state index contributed by atoms with van der Waals surface area (Å²) in [5, 5.41) is 4.00. The molecule has 31 heavy (non-hydrogen) atoms. The average Bonchev–Trinajstić information content (AvgIpc) is 3.24. The molecule has 3 heterocycles. The Balaban J connectivity index is 1.58. The van der Waals surface area contributed by atoms with Crippen LogP contribution in [0.3, 0.4) is 0 Å². The molecule has 160 valence electrons. The topological polar surface area (TPSA) is 101 Å². The molecule has 2 aliphatic heterocycles. The Labute approximate surface area is 178 Å². The predicted molar refractivity (Wildman–Crippen MR) is 111 cm³/mol. The van der Waals surface area contributed by atoms with Crippen LogP contribution in [0.4, 0.5) is 11.5 Å². The fraction of sp³-hybridized carbons (Fsp3) is 0.318. The number of ether oxygens (including phenoxy) is 5. The van der Waals surface area contributed by atoms with Crippen molar-refractivity contribution in [3.63, 3.8) is 0 Å². The number of rotatable bonds is 5. The summed E-state index contributed by atoms with van der Waals surface area (Å²) >= 11 is 0. The van der Waals surface area contributed by atoms with Gasteiger partial charge in [-0.25, -0.2) is 9.97 Å². The number of carbonyl (C=O) groups excluding carboxylic acids is 1. The van der Waals surface area contributed by atoms with Crippen LogP contribution in [0, 0.1) is 0 Å². The summed E-state index contributed by atoms with van der Waals surface area (Å²) in [6, 6.07) is 8.99. The van der Waals surface area contributed by atoms with Crippen LogP contribution in [0.2, 0.25) is 0 Å². The Bertz CT molecular complexity index is 1130. The molecule has 0 unspecified atom stereocenters. The van der Waals surface area contributed by atoms with E-state index in [1.54, 1.807) is 12.1 Å². The van der Waals surface area contributed by atoms with E-state index in [1.165, 1.54) is 13.3 Å². The second-order valence-corrected chi connectivity index (χ2v) is 7.23. The van der Waals surface area contributed by atoms with Gasteiger partial charge in [-0.2, -0.15) is 0 Å². The molecule has 0 radical (unpaired) electrons. The van der Waals surface area contributed by atoms with Crippen molar-refractivity contribution in [2.75, 3.05) is 25.3 Å². The summed E-state index contributed by atoms with van der Waals surface area (Å²) in [4.78, 5) is 20.3. The third-order valence-corrected chi connectivity index (χ3v) is 5.05. The van der Waals surface area contributed by atoms with Gasteiger partial charge in [0.05, 0.1) is 29.8 Å². The minimum atomic E-state index is -0.416. The van der Waals surface area contributed by atoms with Gasteiger partial charge < -0.3 is 29.0 Å². The van der Waals surface area contributed by atoms with Crippen molar-refractivity contribution in [2.45, 2.75) is 25.9 Å². The second-order valence-electron chi connectivity index (χ2n) is 7.23. The molecule has 9 nitrogen and oxygen atoms in total. The van der Waals surface area contributed by atoms with Gasteiger partial charge in [0, 0.05) is 31.9 Å². The van der Waals surface area contributed by atoms with Crippen LogP contribution in [0.15, 0.2) is 36.7 Å². The lowest BCUT2D eigenvalue weighted by Gasteiger charge is -2.24. The monoisotopic (exact) mass is 423 g/mol. The lowest BCUT2D eigenvalue weighted by Crippen LogP contribution is -2.26. The molecule has 0 atom stereocenters. The molecule has 9 heteroatoms. The van der Waals surface area contributed by atoms with Gasteiger partial charge >= 0.3 is 5.97 Å². The van der Waals surface area contributed by atoms with Crippen molar-refractivity contribution in [3.8, 4) is 23.0 Å². The first-order valence-corrected chi connectivity index (χ1v) is 10.0. The van der Waals surface area contributed by atoms with Crippen LogP contribution < -0.4 is 24.3 Å². The minimum Gasteiger partial charge on any atom is -0.489 e. The molecule has 1 fully saturated rings. The quantitative estimate of drug-likeness (QED) is 0.487. The van der Waals surface area contributed by atoms with Gasteiger partial charge in [-0.1, -0.05) is 6.07 Å². The molecule has 0 saturated carbocycles. The second kappa shape index (κ2) is 8.27. The van der Waals surface area contributed by atoms with Crippen molar-refractivity contribution in [2.24, 2.45) is 0 Å². The molecule has 1 saturated heterocycles. The molecule has 0 spiro atoms. The Morgan fingerprint density at radius 1 is 1.16 bits per heavy atom. The molecule has 1 aromatic heterocycles. The number of nitrogens with zero attached hydrogens (tertiary/aromatic N) is 2. The van der Waals surface area contributed by atoms with Crippen LogP contribution in [0.25, 0.3) is 10.9 Å². The maximum absolute atomic E-state index is 11.5. The molecule has 0 aliphatic carbocycles. The van der Waals surface area contributed by atoms with E-state index in [4.69, 9.17) is 23.7 Å². The summed E-state index contributed by atoms with van der Waals surface area (Å²) in [6.07, 6.45) is 2.97. The number of aromatic nitrogens is 2. The standard InChI is InChI=1S/C22H21N3O6/c1-13(26)30-15-9-17-20(19(10-15)31-14-5-7-27-8-6-14)22(24-11-23-17)25-16-3-2-4-18-21(16)29-12-28-18/h2-4,9-11,14H,5-8,12H2,1H3,(H,23,24,25). The number of fused-ring (bicyclic) bond motifs is 2. The lowest BCUT2D eigenvalue weighted by molar-refractivity contribution is -0.131. The summed E-state index contributed by atoms with van der Waals surface area (Å²) in [7, 11) is 0. The smallest absolute Gasteiger partial charge is 0.308 e. The molecule has 0 bridgehead atoms. The number of para-hydroxylation sites is 1. The summed E-state index contributed by atoms with van der Waals surface area (Å²) < 4.78 is 28.1. The third kappa shape index (κ3) is 4.04.